The second-order valence-electron chi connectivity index (χ2n) is 15.2. The van der Waals surface area contributed by atoms with Crippen LogP contribution in [0.5, 0.6) is 0 Å². The summed E-state index contributed by atoms with van der Waals surface area (Å²) in [6.07, 6.45) is 0.990. The first-order chi connectivity index (χ1) is 28.2. The fourth-order valence-electron chi connectivity index (χ4n) is 9.31. The van der Waals surface area contributed by atoms with Crippen molar-refractivity contribution in [1.29, 1.82) is 0 Å². The molecule has 9 aromatic carbocycles. The molecule has 0 bridgehead atoms. The fourth-order valence-corrected chi connectivity index (χ4v) is 11.7. The van der Waals surface area contributed by atoms with E-state index in [1.54, 1.807) is 0 Å². The Morgan fingerprint density at radius 2 is 1.04 bits per heavy atom. The third-order valence-electron chi connectivity index (χ3n) is 12.0. The van der Waals surface area contributed by atoms with Crippen LogP contribution < -0.4 is 4.90 Å². The van der Waals surface area contributed by atoms with Crippen molar-refractivity contribution in [2.45, 2.75) is 12.3 Å². The predicted octanol–water partition coefficient (Wildman–Crippen LogP) is 16.1. The van der Waals surface area contributed by atoms with E-state index in [9.17, 15) is 0 Å². The van der Waals surface area contributed by atoms with Crippen molar-refractivity contribution < 1.29 is 0 Å². The molecule has 0 aliphatic heterocycles. The minimum Gasteiger partial charge on any atom is -0.310 e. The molecule has 3 heteroatoms. The fraction of sp³-hybridized carbons (Fsp3) is 0.0370. The third-order valence-corrected chi connectivity index (χ3v) is 14.4. The van der Waals surface area contributed by atoms with Gasteiger partial charge in [0.2, 0.25) is 0 Å². The highest BCUT2D eigenvalue weighted by atomic mass is 32.1. The molecule has 12 rings (SSSR count). The predicted molar refractivity (Wildman–Crippen MR) is 247 cm³/mol. The molecule has 0 saturated carbocycles. The molecule has 0 radical (unpaired) electrons. The van der Waals surface area contributed by atoms with E-state index in [4.69, 9.17) is 0 Å². The van der Waals surface area contributed by atoms with Gasteiger partial charge in [-0.15, -0.1) is 22.7 Å². The molecule has 0 saturated heterocycles. The van der Waals surface area contributed by atoms with Crippen LogP contribution >= 0.6 is 22.7 Å². The van der Waals surface area contributed by atoms with E-state index >= 15 is 0 Å². The van der Waals surface area contributed by atoms with Crippen LogP contribution in [0.15, 0.2) is 194 Å². The lowest BCUT2D eigenvalue weighted by Crippen LogP contribution is -2.12. The maximum Gasteiger partial charge on any atom is 0.0476 e. The first kappa shape index (κ1) is 32.7. The van der Waals surface area contributed by atoms with Gasteiger partial charge >= 0.3 is 0 Å². The highest BCUT2D eigenvalue weighted by Gasteiger charge is 2.27. The molecule has 1 aliphatic carbocycles. The Labute approximate surface area is 339 Å². The Morgan fingerprint density at radius 1 is 0.404 bits per heavy atom. The van der Waals surface area contributed by atoms with E-state index in [1.165, 1.54) is 90.1 Å². The van der Waals surface area contributed by atoms with Crippen LogP contribution in [-0.4, -0.2) is 0 Å². The molecular formula is C54H35NS2. The standard InChI is InChI=1S/C54H35NS2/c1-2-12-36-29-40(26-21-34(36)11-1)55(41-27-28-47-45-17-7-9-19-51(45)56-53(47)33-41)39-24-22-35(23-25-39)49-31-38(32-50-46-18-8-10-20-52(46)57-54(49)50)48-30-37-13-3-4-14-42(37)43-15-5-6-16-44(43)48/h1-29,31-33,48H,30H2. The van der Waals surface area contributed by atoms with Crippen molar-refractivity contribution in [3.63, 3.8) is 0 Å². The maximum atomic E-state index is 2.50. The smallest absolute Gasteiger partial charge is 0.0476 e. The molecule has 0 spiro atoms. The second kappa shape index (κ2) is 13.0. The van der Waals surface area contributed by atoms with Gasteiger partial charge in [-0.1, -0.05) is 133 Å². The van der Waals surface area contributed by atoms with E-state index in [0.29, 0.717) is 0 Å². The molecule has 1 nitrogen and oxygen atoms in total. The highest BCUT2D eigenvalue weighted by molar-refractivity contribution is 7.26. The normalized spacial score (nSPS) is 13.7. The first-order valence-electron chi connectivity index (χ1n) is 19.7. The third kappa shape index (κ3) is 5.34. The van der Waals surface area contributed by atoms with Crippen molar-refractivity contribution >= 4 is 90.9 Å². The summed E-state index contributed by atoms with van der Waals surface area (Å²) >= 11 is 3.78. The monoisotopic (exact) mass is 761 g/mol. The Hall–Kier alpha value is -6.52. The molecule has 11 aromatic rings. The molecule has 57 heavy (non-hydrogen) atoms. The zero-order valence-electron chi connectivity index (χ0n) is 31.0. The molecule has 0 fully saturated rings. The van der Waals surface area contributed by atoms with Crippen LogP contribution in [0.25, 0.3) is 73.4 Å². The van der Waals surface area contributed by atoms with Gasteiger partial charge in [-0.2, -0.15) is 0 Å². The van der Waals surface area contributed by atoms with Gasteiger partial charge in [-0.25, -0.2) is 0 Å². The summed E-state index contributed by atoms with van der Waals surface area (Å²) in [5, 5.41) is 7.79. The Kier molecular flexibility index (Phi) is 7.47. The summed E-state index contributed by atoms with van der Waals surface area (Å²) in [5.41, 5.74) is 12.9. The average molecular weight is 762 g/mol. The van der Waals surface area contributed by atoms with Gasteiger partial charge in [0.1, 0.15) is 0 Å². The summed E-state index contributed by atoms with van der Waals surface area (Å²) in [6, 6.07) is 72.4. The van der Waals surface area contributed by atoms with Crippen molar-refractivity contribution in [3.05, 3.63) is 211 Å². The van der Waals surface area contributed by atoms with Gasteiger partial charge in [0, 0.05) is 63.3 Å². The number of hydrogen-bond donors (Lipinski definition) is 0. The zero-order valence-corrected chi connectivity index (χ0v) is 32.7. The summed E-state index contributed by atoms with van der Waals surface area (Å²) in [6.45, 7) is 0. The molecular weight excluding hydrogens is 727 g/mol. The minimum absolute atomic E-state index is 0.268. The van der Waals surface area contributed by atoms with E-state index in [1.807, 2.05) is 22.7 Å². The number of rotatable bonds is 5. The number of thiophene rings is 2. The zero-order chi connectivity index (χ0) is 37.5. The van der Waals surface area contributed by atoms with Crippen molar-refractivity contribution in [2.24, 2.45) is 0 Å². The van der Waals surface area contributed by atoms with Gasteiger partial charge in [-0.05, 0) is 117 Å². The number of nitrogens with zero attached hydrogens (tertiary/aromatic N) is 1. The van der Waals surface area contributed by atoms with E-state index in [-0.39, 0.29) is 5.92 Å². The number of anilines is 3. The van der Waals surface area contributed by atoms with Crippen LogP contribution in [0.2, 0.25) is 0 Å². The topological polar surface area (TPSA) is 3.24 Å². The number of benzene rings is 9. The SMILES string of the molecule is c1ccc2c(c1)CC(c1cc(-c3ccc(N(c4ccc5ccccc5c4)c4ccc5c(c4)sc4ccccc45)cc3)c3sc4ccccc4c3c1)c1ccccc1-2. The molecule has 1 atom stereocenters. The Balaban J connectivity index is 1.02. The quantitative estimate of drug-likeness (QED) is 0.169. The lowest BCUT2D eigenvalue weighted by Gasteiger charge is -2.29. The lowest BCUT2D eigenvalue weighted by molar-refractivity contribution is 0.795. The van der Waals surface area contributed by atoms with Crippen LogP contribution in [-0.2, 0) is 6.42 Å². The van der Waals surface area contributed by atoms with Crippen LogP contribution in [0, 0.1) is 0 Å². The van der Waals surface area contributed by atoms with Crippen molar-refractivity contribution in [3.8, 4) is 22.3 Å². The van der Waals surface area contributed by atoms with Crippen molar-refractivity contribution in [2.75, 3.05) is 4.90 Å². The summed E-state index contributed by atoms with van der Waals surface area (Å²) in [7, 11) is 0. The summed E-state index contributed by atoms with van der Waals surface area (Å²) in [5.74, 6) is 0.268. The van der Waals surface area contributed by atoms with Gasteiger partial charge in [0.05, 0.1) is 0 Å². The lowest BCUT2D eigenvalue weighted by atomic mass is 9.75. The largest absolute Gasteiger partial charge is 0.310 e. The van der Waals surface area contributed by atoms with Gasteiger partial charge in [0.15, 0.2) is 0 Å². The van der Waals surface area contributed by atoms with Crippen LogP contribution in [0.4, 0.5) is 17.1 Å². The molecule has 268 valence electrons. The average Bonchev–Trinajstić information content (AvgIpc) is 3.84. The number of hydrogen-bond acceptors (Lipinski definition) is 3. The summed E-state index contributed by atoms with van der Waals surface area (Å²) < 4.78 is 5.30. The molecule has 2 heterocycles. The molecule has 1 aliphatic rings. The maximum absolute atomic E-state index is 2.50. The molecule has 0 amide bonds. The van der Waals surface area contributed by atoms with E-state index in [2.05, 4.69) is 199 Å². The van der Waals surface area contributed by atoms with Crippen LogP contribution in [0.1, 0.15) is 22.6 Å². The molecule has 1 unspecified atom stereocenters. The molecule has 2 aromatic heterocycles. The second-order valence-corrected chi connectivity index (χ2v) is 17.4. The Morgan fingerprint density at radius 3 is 1.89 bits per heavy atom. The first-order valence-corrected chi connectivity index (χ1v) is 21.3. The highest BCUT2D eigenvalue weighted by Crippen LogP contribution is 2.48. The van der Waals surface area contributed by atoms with Crippen molar-refractivity contribution in [1.82, 2.24) is 0 Å². The number of fused-ring (bicyclic) bond motifs is 10. The molecule has 0 N–H and O–H groups in total. The summed E-state index contributed by atoms with van der Waals surface area (Å²) in [4.78, 5) is 2.42. The van der Waals surface area contributed by atoms with Crippen LogP contribution in [0.3, 0.4) is 0 Å². The Bertz CT molecular complexity index is 3350. The van der Waals surface area contributed by atoms with Gasteiger partial charge in [0.25, 0.3) is 0 Å². The van der Waals surface area contributed by atoms with E-state index in [0.717, 1.165) is 23.5 Å². The van der Waals surface area contributed by atoms with E-state index < -0.39 is 0 Å². The van der Waals surface area contributed by atoms with Gasteiger partial charge in [-0.3, -0.25) is 0 Å². The van der Waals surface area contributed by atoms with Gasteiger partial charge < -0.3 is 4.90 Å². The minimum atomic E-state index is 0.268.